The predicted molar refractivity (Wildman–Crippen MR) is 193 cm³/mol. The van der Waals surface area contributed by atoms with Crippen LogP contribution in [0.1, 0.15) is 111 Å². The number of likely N-dealkylation sites (tertiary alicyclic amines) is 1. The summed E-state index contributed by atoms with van der Waals surface area (Å²) in [6, 6.07) is 14.1. The third-order valence-electron chi connectivity index (χ3n) is 7.27. The maximum atomic E-state index is 13.1. The van der Waals surface area contributed by atoms with Gasteiger partial charge in [-0.05, 0) is 93.6 Å². The summed E-state index contributed by atoms with van der Waals surface area (Å²) in [6.07, 6.45) is 8.46. The SMILES string of the molecule is C=Cc1cc(C(=O)Nc2cccc([C@H](C)NC(C)C=N/C(=C/N(C)CC)C(C)C)c2)ccc1CN1CCCC1.CC.CC.[HH].[HH]. The van der Waals surface area contributed by atoms with Crippen LogP contribution >= 0.6 is 0 Å². The normalized spacial score (nSPS) is 14.8. The Labute approximate surface area is 266 Å². The zero-order valence-corrected chi connectivity index (χ0v) is 28.7. The third kappa shape index (κ3) is 12.9. The zero-order chi connectivity index (χ0) is 32.4. The number of aliphatic imine (C=N–C) groups is 1. The molecule has 2 aromatic carbocycles. The summed E-state index contributed by atoms with van der Waals surface area (Å²) >= 11 is 0. The maximum Gasteiger partial charge on any atom is 0.255 e. The quantitative estimate of drug-likeness (QED) is 0.227. The summed E-state index contributed by atoms with van der Waals surface area (Å²) in [5.41, 5.74) is 5.82. The highest BCUT2D eigenvalue weighted by Crippen LogP contribution is 2.22. The molecule has 6 heteroatoms. The molecule has 0 radical (unpaired) electrons. The number of hydrogen-bond acceptors (Lipinski definition) is 5. The molecule has 0 aliphatic carbocycles. The van der Waals surface area contributed by atoms with Gasteiger partial charge in [-0.1, -0.05) is 72.4 Å². The van der Waals surface area contributed by atoms with Crippen molar-refractivity contribution in [3.05, 3.63) is 83.2 Å². The number of anilines is 1. The van der Waals surface area contributed by atoms with E-state index in [4.69, 9.17) is 4.99 Å². The van der Waals surface area contributed by atoms with Gasteiger partial charge < -0.3 is 15.5 Å². The van der Waals surface area contributed by atoms with Gasteiger partial charge in [0.15, 0.2) is 0 Å². The van der Waals surface area contributed by atoms with E-state index in [0.717, 1.165) is 48.7 Å². The highest BCUT2D eigenvalue weighted by atomic mass is 16.1. The smallest absolute Gasteiger partial charge is 0.255 e. The van der Waals surface area contributed by atoms with Crippen LogP contribution in [-0.4, -0.2) is 54.6 Å². The topological polar surface area (TPSA) is 60.0 Å². The molecule has 1 saturated heterocycles. The molecule has 1 unspecified atom stereocenters. The molecule has 2 aromatic rings. The minimum Gasteiger partial charge on any atom is -0.379 e. The van der Waals surface area contributed by atoms with Crippen molar-refractivity contribution in [2.75, 3.05) is 32.0 Å². The van der Waals surface area contributed by atoms with E-state index >= 15 is 0 Å². The Morgan fingerprint density at radius 1 is 1.07 bits per heavy atom. The summed E-state index contributed by atoms with van der Waals surface area (Å²) in [5.74, 6) is 0.234. The van der Waals surface area contributed by atoms with Crippen molar-refractivity contribution in [2.24, 2.45) is 10.9 Å². The van der Waals surface area contributed by atoms with Crippen LogP contribution in [0.15, 0.2) is 65.9 Å². The molecule has 1 amide bonds. The third-order valence-corrected chi connectivity index (χ3v) is 7.27. The van der Waals surface area contributed by atoms with Crippen molar-refractivity contribution in [2.45, 2.75) is 93.8 Å². The van der Waals surface area contributed by atoms with Crippen LogP contribution in [0.3, 0.4) is 0 Å². The van der Waals surface area contributed by atoms with Crippen LogP contribution in [0.25, 0.3) is 6.08 Å². The van der Waals surface area contributed by atoms with Crippen LogP contribution in [0, 0.1) is 5.92 Å². The fraction of sp³-hybridized carbons (Fsp3) is 0.514. The van der Waals surface area contributed by atoms with E-state index in [1.54, 1.807) is 0 Å². The highest BCUT2D eigenvalue weighted by Gasteiger charge is 2.15. The standard InChI is InChI=1S/C33H47N5O.2C2H6.2H2/c1-8-27-19-29(15-16-30(27)22-38-17-10-11-18-38)33(39)36-31-14-12-13-28(20-31)26(6)35-25(5)21-34-32(24(3)4)23-37(7)9-2;2*1-2;;/h8,12-16,19-21,23-26,35H,1,9-11,17-18,22H2,2-7H3,(H,36,39);2*1-2H3;2*1H/b32-23+,34-21?;;;;/t25?,26-;;;;/m0..../s1. The minimum absolute atomic E-state index is 0. The van der Waals surface area contributed by atoms with E-state index in [2.05, 4.69) is 87.0 Å². The number of benzene rings is 2. The second kappa shape index (κ2) is 20.6. The van der Waals surface area contributed by atoms with Crippen LogP contribution in [0.5, 0.6) is 0 Å². The number of hydrogen-bond donors (Lipinski definition) is 2. The fourth-order valence-electron chi connectivity index (χ4n) is 4.72. The number of nitrogens with zero attached hydrogens (tertiary/aromatic N) is 3. The molecule has 242 valence electrons. The van der Waals surface area contributed by atoms with Gasteiger partial charge in [0, 0.05) is 58.7 Å². The number of amides is 1. The van der Waals surface area contributed by atoms with Gasteiger partial charge >= 0.3 is 0 Å². The first-order valence-electron chi connectivity index (χ1n) is 16.3. The van der Waals surface area contributed by atoms with Gasteiger partial charge in [-0.25, -0.2) is 0 Å². The molecule has 0 spiro atoms. The molecule has 6 nitrogen and oxygen atoms in total. The summed E-state index contributed by atoms with van der Waals surface area (Å²) in [4.78, 5) is 22.5. The van der Waals surface area contributed by atoms with Crippen LogP contribution in [0.4, 0.5) is 5.69 Å². The molecule has 1 aliphatic heterocycles. The molecule has 43 heavy (non-hydrogen) atoms. The Hall–Kier alpha value is -3.22. The minimum atomic E-state index is -0.117. The van der Waals surface area contributed by atoms with Gasteiger partial charge in [0.25, 0.3) is 5.91 Å². The van der Waals surface area contributed by atoms with Crippen molar-refractivity contribution in [3.63, 3.8) is 0 Å². The molecule has 2 N–H and O–H groups in total. The van der Waals surface area contributed by atoms with E-state index in [1.165, 1.54) is 18.4 Å². The van der Waals surface area contributed by atoms with Crippen molar-refractivity contribution in [1.82, 2.24) is 15.1 Å². The first kappa shape index (κ1) is 37.8. The molecular formula is C37H63N5O. The number of nitrogens with one attached hydrogen (secondary N) is 2. The molecular weight excluding hydrogens is 530 g/mol. The molecule has 0 aromatic heterocycles. The van der Waals surface area contributed by atoms with Gasteiger partial charge in [0.05, 0.1) is 5.70 Å². The monoisotopic (exact) mass is 594 g/mol. The fourth-order valence-corrected chi connectivity index (χ4v) is 4.72. The van der Waals surface area contributed by atoms with Crippen molar-refractivity contribution in [3.8, 4) is 0 Å². The van der Waals surface area contributed by atoms with Gasteiger partial charge in [-0.2, -0.15) is 0 Å². The van der Waals surface area contributed by atoms with E-state index < -0.39 is 0 Å². The molecule has 1 fully saturated rings. The Kier molecular flexibility index (Phi) is 18.2. The largest absolute Gasteiger partial charge is 0.379 e. The number of carbonyl (C=O) groups is 1. The Morgan fingerprint density at radius 3 is 2.35 bits per heavy atom. The summed E-state index contributed by atoms with van der Waals surface area (Å²) in [5, 5.41) is 6.68. The summed E-state index contributed by atoms with van der Waals surface area (Å²) in [7, 11) is 2.07. The highest BCUT2D eigenvalue weighted by molar-refractivity contribution is 6.04. The lowest BCUT2D eigenvalue weighted by molar-refractivity contribution is 0.102. The average Bonchev–Trinajstić information content (AvgIpc) is 3.54. The molecule has 0 saturated carbocycles. The number of allylic oxidation sites excluding steroid dienone is 1. The van der Waals surface area contributed by atoms with Crippen LogP contribution in [0.2, 0.25) is 0 Å². The molecule has 0 bridgehead atoms. The lowest BCUT2D eigenvalue weighted by Crippen LogP contribution is -2.30. The van der Waals surface area contributed by atoms with Crippen LogP contribution < -0.4 is 10.6 Å². The molecule has 2 atom stereocenters. The van der Waals surface area contributed by atoms with Crippen molar-refractivity contribution in [1.29, 1.82) is 0 Å². The van der Waals surface area contributed by atoms with Crippen molar-refractivity contribution >= 4 is 23.9 Å². The molecule has 1 aliphatic rings. The van der Waals surface area contributed by atoms with Gasteiger partial charge in [0.2, 0.25) is 0 Å². The number of carbonyl (C=O) groups excluding carboxylic acids is 1. The lowest BCUT2D eigenvalue weighted by atomic mass is 10.0. The Balaban J connectivity index is 0. The molecule has 3 rings (SSSR count). The van der Waals surface area contributed by atoms with E-state index in [1.807, 2.05) is 70.3 Å². The predicted octanol–water partition coefficient (Wildman–Crippen LogP) is 9.28. The van der Waals surface area contributed by atoms with E-state index in [-0.39, 0.29) is 20.8 Å². The van der Waals surface area contributed by atoms with Gasteiger partial charge in [-0.3, -0.25) is 14.7 Å². The number of rotatable bonds is 13. The second-order valence-electron chi connectivity index (χ2n) is 10.9. The van der Waals surface area contributed by atoms with Gasteiger partial charge in [0.1, 0.15) is 0 Å². The van der Waals surface area contributed by atoms with Gasteiger partial charge in [-0.15, -0.1) is 0 Å². The first-order chi connectivity index (χ1) is 20.7. The van der Waals surface area contributed by atoms with Crippen molar-refractivity contribution < 1.29 is 7.65 Å². The second-order valence-corrected chi connectivity index (χ2v) is 10.9. The van der Waals surface area contributed by atoms with E-state index in [9.17, 15) is 4.79 Å². The lowest BCUT2D eigenvalue weighted by Gasteiger charge is -2.19. The Morgan fingerprint density at radius 2 is 1.74 bits per heavy atom. The summed E-state index contributed by atoms with van der Waals surface area (Å²) < 4.78 is 0. The van der Waals surface area contributed by atoms with Crippen LogP contribution in [-0.2, 0) is 6.54 Å². The zero-order valence-electron chi connectivity index (χ0n) is 28.7. The van der Waals surface area contributed by atoms with E-state index in [0.29, 0.717) is 11.5 Å². The Bertz CT molecular complexity index is 1180. The summed E-state index contributed by atoms with van der Waals surface area (Å²) in [6.45, 7) is 26.8. The first-order valence-corrected chi connectivity index (χ1v) is 16.3. The molecule has 1 heterocycles. The average molecular weight is 594 g/mol. The maximum absolute atomic E-state index is 13.1.